The molecule has 7 nitrogen and oxygen atoms in total. The molecule has 0 radical (unpaired) electrons. The molecule has 1 aliphatic carbocycles. The quantitative estimate of drug-likeness (QED) is 0.863. The lowest BCUT2D eigenvalue weighted by Gasteiger charge is -2.33. The van der Waals surface area contributed by atoms with Crippen LogP contribution in [0.15, 0.2) is 28.8 Å². The summed E-state index contributed by atoms with van der Waals surface area (Å²) >= 11 is 0. The number of piperidine rings is 1. The number of methoxy groups -OCH3 is 1. The van der Waals surface area contributed by atoms with E-state index in [0.717, 1.165) is 43.5 Å². The lowest BCUT2D eigenvalue weighted by molar-refractivity contribution is 0.166. The number of rotatable bonds is 4. The summed E-state index contributed by atoms with van der Waals surface area (Å²) in [5.74, 6) is 2.00. The minimum atomic E-state index is 0.0455. The molecule has 0 bridgehead atoms. The van der Waals surface area contributed by atoms with Gasteiger partial charge in [-0.2, -0.15) is 4.98 Å². The summed E-state index contributed by atoms with van der Waals surface area (Å²) in [6.45, 7) is 1.41. The third kappa shape index (κ3) is 4.29. The van der Waals surface area contributed by atoms with Crippen molar-refractivity contribution in [1.82, 2.24) is 20.4 Å². The minimum absolute atomic E-state index is 0.0455. The fraction of sp³-hybridized carbons (Fsp3) is 0.571. The second-order valence-corrected chi connectivity index (χ2v) is 7.76. The number of carbonyl (C=O) groups excluding carboxylic acids is 1. The second kappa shape index (κ2) is 8.63. The number of carbonyl (C=O) groups is 1. The van der Waals surface area contributed by atoms with Gasteiger partial charge in [0, 0.05) is 24.7 Å². The fourth-order valence-electron chi connectivity index (χ4n) is 4.16. The zero-order chi connectivity index (χ0) is 19.3. The normalized spacial score (nSPS) is 20.8. The molecule has 1 aromatic heterocycles. The first-order valence-corrected chi connectivity index (χ1v) is 10.3. The van der Waals surface area contributed by atoms with Crippen LogP contribution in [0, 0.1) is 0 Å². The fourth-order valence-corrected chi connectivity index (χ4v) is 4.16. The number of nitrogens with zero attached hydrogens (tertiary/aromatic N) is 3. The van der Waals surface area contributed by atoms with Gasteiger partial charge >= 0.3 is 6.03 Å². The van der Waals surface area contributed by atoms with E-state index < -0.39 is 0 Å². The summed E-state index contributed by atoms with van der Waals surface area (Å²) in [6.07, 6.45) is 7.79. The summed E-state index contributed by atoms with van der Waals surface area (Å²) in [7, 11) is 1.63. The molecular weight excluding hydrogens is 356 g/mol. The van der Waals surface area contributed by atoms with E-state index >= 15 is 0 Å². The number of aromatic nitrogens is 2. The van der Waals surface area contributed by atoms with Crippen LogP contribution in [-0.4, -0.2) is 47.3 Å². The Kier molecular flexibility index (Phi) is 5.78. The third-order valence-corrected chi connectivity index (χ3v) is 5.76. The number of nitrogens with one attached hydrogen (secondary N) is 1. The molecule has 2 amide bonds. The Morgan fingerprint density at radius 3 is 2.89 bits per heavy atom. The maximum Gasteiger partial charge on any atom is 0.317 e. The van der Waals surface area contributed by atoms with Crippen molar-refractivity contribution in [2.45, 2.75) is 56.9 Å². The van der Waals surface area contributed by atoms with Gasteiger partial charge in [-0.05, 0) is 37.8 Å². The standard InChI is InChI=1S/C21H28N4O3/c1-27-18-11-5-7-15(13-18)19-23-20(28-24-19)16-8-6-12-25(14-16)21(26)22-17-9-3-2-4-10-17/h5,7,11,13,16-17H,2-4,6,8-10,12,14H2,1H3,(H,22,26). The van der Waals surface area contributed by atoms with Crippen molar-refractivity contribution >= 4 is 6.03 Å². The number of hydrogen-bond donors (Lipinski definition) is 1. The van der Waals surface area contributed by atoms with Crippen LogP contribution in [0.3, 0.4) is 0 Å². The summed E-state index contributed by atoms with van der Waals surface area (Å²) in [5.41, 5.74) is 0.858. The molecular formula is C21H28N4O3. The predicted molar refractivity (Wildman–Crippen MR) is 105 cm³/mol. The van der Waals surface area contributed by atoms with Gasteiger partial charge in [-0.1, -0.05) is 36.6 Å². The van der Waals surface area contributed by atoms with E-state index in [1.807, 2.05) is 29.2 Å². The van der Waals surface area contributed by atoms with Crippen LogP contribution >= 0.6 is 0 Å². The van der Waals surface area contributed by atoms with Crippen LogP contribution in [0.4, 0.5) is 4.79 Å². The van der Waals surface area contributed by atoms with Crippen LogP contribution in [0.2, 0.25) is 0 Å². The summed E-state index contributed by atoms with van der Waals surface area (Å²) < 4.78 is 10.8. The topological polar surface area (TPSA) is 80.5 Å². The van der Waals surface area contributed by atoms with E-state index in [9.17, 15) is 4.79 Å². The molecule has 1 N–H and O–H groups in total. The van der Waals surface area contributed by atoms with E-state index in [4.69, 9.17) is 9.26 Å². The average molecular weight is 384 g/mol. The number of hydrogen-bond acceptors (Lipinski definition) is 5. The SMILES string of the molecule is COc1cccc(-c2noc(C3CCCN(C(=O)NC4CCCCC4)C3)n2)c1. The first kappa shape index (κ1) is 18.8. The average Bonchev–Trinajstić information content (AvgIpc) is 3.25. The van der Waals surface area contributed by atoms with E-state index in [1.54, 1.807) is 7.11 Å². The molecule has 1 unspecified atom stereocenters. The highest BCUT2D eigenvalue weighted by atomic mass is 16.5. The second-order valence-electron chi connectivity index (χ2n) is 7.76. The highest BCUT2D eigenvalue weighted by Gasteiger charge is 2.29. The van der Waals surface area contributed by atoms with Crippen molar-refractivity contribution in [3.05, 3.63) is 30.2 Å². The van der Waals surface area contributed by atoms with Crippen LogP contribution in [0.1, 0.15) is 56.8 Å². The van der Waals surface area contributed by atoms with Gasteiger partial charge < -0.3 is 19.5 Å². The third-order valence-electron chi connectivity index (χ3n) is 5.76. The Balaban J connectivity index is 1.40. The van der Waals surface area contributed by atoms with Gasteiger partial charge in [-0.25, -0.2) is 4.79 Å². The number of urea groups is 1. The van der Waals surface area contributed by atoms with Crippen LogP contribution in [0.25, 0.3) is 11.4 Å². The molecule has 7 heteroatoms. The summed E-state index contributed by atoms with van der Waals surface area (Å²) in [6, 6.07) is 7.98. The van der Waals surface area contributed by atoms with Crippen LogP contribution in [-0.2, 0) is 0 Å². The van der Waals surface area contributed by atoms with Crippen molar-refractivity contribution < 1.29 is 14.1 Å². The molecule has 1 saturated carbocycles. The number of benzene rings is 1. The molecule has 1 atom stereocenters. The maximum atomic E-state index is 12.7. The Bertz CT molecular complexity index is 800. The van der Waals surface area contributed by atoms with Gasteiger partial charge in [0.2, 0.25) is 11.7 Å². The molecule has 2 aliphatic rings. The molecule has 1 aliphatic heterocycles. The summed E-state index contributed by atoms with van der Waals surface area (Å²) in [4.78, 5) is 19.2. The van der Waals surface area contributed by atoms with Crippen molar-refractivity contribution in [1.29, 1.82) is 0 Å². The monoisotopic (exact) mass is 384 g/mol. The van der Waals surface area contributed by atoms with Gasteiger partial charge in [0.05, 0.1) is 13.0 Å². The molecule has 2 heterocycles. The van der Waals surface area contributed by atoms with Gasteiger partial charge in [0.1, 0.15) is 5.75 Å². The Morgan fingerprint density at radius 1 is 1.21 bits per heavy atom. The molecule has 1 aromatic carbocycles. The highest BCUT2D eigenvalue weighted by Crippen LogP contribution is 2.29. The van der Waals surface area contributed by atoms with Gasteiger partial charge in [-0.15, -0.1) is 0 Å². The largest absolute Gasteiger partial charge is 0.497 e. The molecule has 4 rings (SSSR count). The Hall–Kier alpha value is -2.57. The zero-order valence-corrected chi connectivity index (χ0v) is 16.4. The van der Waals surface area contributed by atoms with Crippen molar-refractivity contribution in [2.75, 3.05) is 20.2 Å². The lowest BCUT2D eigenvalue weighted by atomic mass is 9.95. The Morgan fingerprint density at radius 2 is 2.07 bits per heavy atom. The first-order chi connectivity index (χ1) is 13.7. The van der Waals surface area contributed by atoms with Crippen molar-refractivity contribution in [3.63, 3.8) is 0 Å². The van der Waals surface area contributed by atoms with Gasteiger partial charge in [0.25, 0.3) is 0 Å². The number of amides is 2. The minimum Gasteiger partial charge on any atom is -0.497 e. The van der Waals surface area contributed by atoms with Crippen LogP contribution < -0.4 is 10.1 Å². The van der Waals surface area contributed by atoms with E-state index in [2.05, 4.69) is 15.5 Å². The number of ether oxygens (including phenoxy) is 1. The maximum absolute atomic E-state index is 12.7. The molecule has 28 heavy (non-hydrogen) atoms. The van der Waals surface area contributed by atoms with E-state index in [1.165, 1.54) is 19.3 Å². The van der Waals surface area contributed by atoms with Crippen molar-refractivity contribution in [3.8, 4) is 17.1 Å². The molecule has 0 spiro atoms. The zero-order valence-electron chi connectivity index (χ0n) is 16.4. The van der Waals surface area contributed by atoms with Gasteiger partial charge in [0.15, 0.2) is 0 Å². The molecule has 2 aromatic rings. The van der Waals surface area contributed by atoms with E-state index in [0.29, 0.717) is 24.3 Å². The molecule has 1 saturated heterocycles. The Labute approximate surface area is 165 Å². The van der Waals surface area contributed by atoms with Gasteiger partial charge in [-0.3, -0.25) is 0 Å². The smallest absolute Gasteiger partial charge is 0.317 e. The lowest BCUT2D eigenvalue weighted by Crippen LogP contribution is -2.48. The molecule has 150 valence electrons. The number of likely N-dealkylation sites (tertiary alicyclic amines) is 1. The van der Waals surface area contributed by atoms with Crippen LogP contribution in [0.5, 0.6) is 5.75 Å². The van der Waals surface area contributed by atoms with Crippen molar-refractivity contribution in [2.24, 2.45) is 0 Å². The summed E-state index contributed by atoms with van der Waals surface area (Å²) in [5, 5.41) is 7.35. The predicted octanol–water partition coefficient (Wildman–Crippen LogP) is 3.97. The van der Waals surface area contributed by atoms with E-state index in [-0.39, 0.29) is 11.9 Å². The highest BCUT2D eigenvalue weighted by molar-refractivity contribution is 5.74. The first-order valence-electron chi connectivity index (χ1n) is 10.3. The molecule has 2 fully saturated rings.